The van der Waals surface area contributed by atoms with E-state index in [2.05, 4.69) is 9.97 Å². The van der Waals surface area contributed by atoms with Gasteiger partial charge in [-0.25, -0.2) is 18.4 Å². The molecule has 2 aliphatic heterocycles. The molecule has 2 aliphatic rings. The number of likely N-dealkylation sites (tertiary alicyclic amines) is 1. The minimum Gasteiger partial charge on any atom is -0.353 e. The highest BCUT2D eigenvalue weighted by Crippen LogP contribution is 2.24. The third kappa shape index (κ3) is 3.53. The smallest absolute Gasteiger partial charge is 0.272 e. The second-order valence-corrected chi connectivity index (χ2v) is 8.73. The topological polar surface area (TPSA) is 83.5 Å². The highest BCUT2D eigenvalue weighted by Gasteiger charge is 2.33. The van der Waals surface area contributed by atoms with Gasteiger partial charge in [0.15, 0.2) is 9.84 Å². The van der Waals surface area contributed by atoms with Crippen LogP contribution in [-0.4, -0.2) is 66.4 Å². The zero-order chi connectivity index (χ0) is 17.3. The van der Waals surface area contributed by atoms with Gasteiger partial charge in [-0.1, -0.05) is 0 Å². The molecule has 1 aromatic rings. The minimum absolute atomic E-state index is 0.0608. The van der Waals surface area contributed by atoms with Crippen molar-refractivity contribution in [2.75, 3.05) is 36.0 Å². The number of hydrogen-bond acceptors (Lipinski definition) is 6. The van der Waals surface area contributed by atoms with Gasteiger partial charge >= 0.3 is 0 Å². The maximum Gasteiger partial charge on any atom is 0.272 e. The van der Waals surface area contributed by atoms with Gasteiger partial charge in [0.1, 0.15) is 17.3 Å². The predicted octanol–water partition coefficient (Wildman–Crippen LogP) is 1.03. The molecule has 0 aromatic carbocycles. The van der Waals surface area contributed by atoms with Crippen LogP contribution in [0, 0.1) is 6.92 Å². The Morgan fingerprint density at radius 2 is 2.04 bits per heavy atom. The van der Waals surface area contributed by atoms with E-state index in [1.54, 1.807) is 13.0 Å². The zero-order valence-electron chi connectivity index (χ0n) is 14.2. The van der Waals surface area contributed by atoms with E-state index in [4.69, 9.17) is 0 Å². The maximum absolute atomic E-state index is 12.6. The van der Waals surface area contributed by atoms with E-state index in [9.17, 15) is 13.2 Å². The molecular weight excluding hydrogens is 328 g/mol. The van der Waals surface area contributed by atoms with Gasteiger partial charge in [-0.05, 0) is 33.1 Å². The molecule has 24 heavy (non-hydrogen) atoms. The molecule has 132 valence electrons. The van der Waals surface area contributed by atoms with Gasteiger partial charge < -0.3 is 9.80 Å². The lowest BCUT2D eigenvalue weighted by Crippen LogP contribution is -2.37. The summed E-state index contributed by atoms with van der Waals surface area (Å²) in [5.41, 5.74) is 0.402. The number of carbonyl (C=O) groups is 1. The highest BCUT2D eigenvalue weighted by atomic mass is 32.2. The number of aromatic nitrogens is 2. The fraction of sp³-hybridized carbons (Fsp3) is 0.688. The molecule has 7 nitrogen and oxygen atoms in total. The van der Waals surface area contributed by atoms with E-state index < -0.39 is 9.84 Å². The fourth-order valence-corrected chi connectivity index (χ4v) is 5.25. The third-order valence-corrected chi connectivity index (χ3v) is 6.47. The molecule has 8 heteroatoms. The van der Waals surface area contributed by atoms with E-state index in [0.717, 1.165) is 25.9 Å². The minimum atomic E-state index is -2.97. The molecule has 0 spiro atoms. The highest BCUT2D eigenvalue weighted by molar-refractivity contribution is 7.91. The average molecular weight is 352 g/mol. The number of anilines is 1. The molecular formula is C16H24N4O3S. The Hall–Kier alpha value is -1.70. The largest absolute Gasteiger partial charge is 0.353 e. The van der Waals surface area contributed by atoms with Crippen molar-refractivity contribution in [3.05, 3.63) is 17.6 Å². The second kappa shape index (κ2) is 6.66. The lowest BCUT2D eigenvalue weighted by atomic mass is 10.2. The van der Waals surface area contributed by atoms with Gasteiger partial charge in [0.25, 0.3) is 5.91 Å². The van der Waals surface area contributed by atoms with Crippen LogP contribution >= 0.6 is 0 Å². The van der Waals surface area contributed by atoms with Crippen molar-refractivity contribution in [1.29, 1.82) is 0 Å². The Morgan fingerprint density at radius 3 is 2.62 bits per heavy atom. The van der Waals surface area contributed by atoms with E-state index in [0.29, 0.717) is 30.3 Å². The van der Waals surface area contributed by atoms with E-state index in [-0.39, 0.29) is 23.5 Å². The summed E-state index contributed by atoms with van der Waals surface area (Å²) in [6.45, 7) is 5.94. The standard InChI is InChI=1S/C16H24N4O3S/c1-3-20(13-6-9-24(22,23)11-13)15-10-14(17-12(2)18-15)16(21)19-7-4-5-8-19/h10,13H,3-9,11H2,1-2H3. The molecule has 0 N–H and O–H groups in total. The van der Waals surface area contributed by atoms with Crippen LogP contribution in [-0.2, 0) is 9.84 Å². The van der Waals surface area contributed by atoms with Crippen molar-refractivity contribution in [2.24, 2.45) is 0 Å². The maximum atomic E-state index is 12.6. The number of sulfone groups is 1. The van der Waals surface area contributed by atoms with Crippen molar-refractivity contribution in [3.63, 3.8) is 0 Å². The van der Waals surface area contributed by atoms with Crippen LogP contribution in [0.15, 0.2) is 6.07 Å². The average Bonchev–Trinajstić information content (AvgIpc) is 3.16. The number of nitrogens with zero attached hydrogens (tertiary/aromatic N) is 4. The van der Waals surface area contributed by atoms with Crippen molar-refractivity contribution in [3.8, 4) is 0 Å². The monoisotopic (exact) mass is 352 g/mol. The Labute approximate surface area is 143 Å². The van der Waals surface area contributed by atoms with Crippen molar-refractivity contribution in [1.82, 2.24) is 14.9 Å². The van der Waals surface area contributed by atoms with Crippen LogP contribution in [0.1, 0.15) is 42.5 Å². The normalized spacial score (nSPS) is 22.8. The number of aryl methyl sites for hydroxylation is 1. The molecule has 1 atom stereocenters. The van der Waals surface area contributed by atoms with Gasteiger partial charge in [-0.2, -0.15) is 0 Å². The van der Waals surface area contributed by atoms with Gasteiger partial charge in [0, 0.05) is 31.7 Å². The first-order valence-corrected chi connectivity index (χ1v) is 10.3. The molecule has 0 bridgehead atoms. The molecule has 1 aromatic heterocycles. The molecule has 0 radical (unpaired) electrons. The van der Waals surface area contributed by atoms with Gasteiger partial charge in [-0.15, -0.1) is 0 Å². The third-order valence-electron chi connectivity index (χ3n) is 4.72. The van der Waals surface area contributed by atoms with Crippen LogP contribution in [0.5, 0.6) is 0 Å². The SMILES string of the molecule is CCN(c1cc(C(=O)N2CCCC2)nc(C)n1)C1CCS(=O)(=O)C1. The number of amides is 1. The quantitative estimate of drug-likeness (QED) is 0.805. The second-order valence-electron chi connectivity index (χ2n) is 6.50. The summed E-state index contributed by atoms with van der Waals surface area (Å²) in [6, 6.07) is 1.63. The Balaban J connectivity index is 1.88. The summed E-state index contributed by atoms with van der Waals surface area (Å²) in [5, 5.41) is 0. The summed E-state index contributed by atoms with van der Waals surface area (Å²) in [5.74, 6) is 1.50. The summed E-state index contributed by atoms with van der Waals surface area (Å²) >= 11 is 0. The number of rotatable bonds is 4. The van der Waals surface area contributed by atoms with Gasteiger partial charge in [0.05, 0.1) is 11.5 Å². The molecule has 0 aliphatic carbocycles. The van der Waals surface area contributed by atoms with Crippen molar-refractivity contribution < 1.29 is 13.2 Å². The molecule has 3 rings (SSSR count). The summed E-state index contributed by atoms with van der Waals surface area (Å²) < 4.78 is 23.6. The molecule has 3 heterocycles. The lowest BCUT2D eigenvalue weighted by Gasteiger charge is -2.28. The summed E-state index contributed by atoms with van der Waals surface area (Å²) in [6.07, 6.45) is 2.67. The van der Waals surface area contributed by atoms with Crippen LogP contribution in [0.3, 0.4) is 0 Å². The Kier molecular flexibility index (Phi) is 4.76. The fourth-order valence-electron chi connectivity index (χ4n) is 3.52. The first kappa shape index (κ1) is 17.1. The van der Waals surface area contributed by atoms with Gasteiger partial charge in [-0.3, -0.25) is 4.79 Å². The summed E-state index contributed by atoms with van der Waals surface area (Å²) in [4.78, 5) is 25.2. The number of carbonyl (C=O) groups excluding carboxylic acids is 1. The molecule has 2 saturated heterocycles. The molecule has 1 amide bonds. The summed E-state index contributed by atoms with van der Waals surface area (Å²) in [7, 11) is -2.97. The van der Waals surface area contributed by atoms with E-state index in [1.807, 2.05) is 16.7 Å². The molecule has 2 fully saturated rings. The Bertz CT molecular complexity index is 729. The molecule has 0 saturated carbocycles. The van der Waals surface area contributed by atoms with Gasteiger partial charge in [0.2, 0.25) is 0 Å². The van der Waals surface area contributed by atoms with Crippen LogP contribution in [0.25, 0.3) is 0 Å². The van der Waals surface area contributed by atoms with Crippen molar-refractivity contribution >= 4 is 21.6 Å². The number of hydrogen-bond donors (Lipinski definition) is 0. The first-order valence-electron chi connectivity index (χ1n) is 8.51. The van der Waals surface area contributed by atoms with Crippen LogP contribution < -0.4 is 4.90 Å². The molecule has 1 unspecified atom stereocenters. The first-order chi connectivity index (χ1) is 11.4. The van der Waals surface area contributed by atoms with Crippen LogP contribution in [0.4, 0.5) is 5.82 Å². The van der Waals surface area contributed by atoms with Crippen LogP contribution in [0.2, 0.25) is 0 Å². The predicted molar refractivity (Wildman–Crippen MR) is 92.0 cm³/mol. The Morgan fingerprint density at radius 1 is 1.33 bits per heavy atom. The zero-order valence-corrected chi connectivity index (χ0v) is 15.0. The van der Waals surface area contributed by atoms with E-state index in [1.165, 1.54) is 0 Å². The van der Waals surface area contributed by atoms with E-state index >= 15 is 0 Å². The van der Waals surface area contributed by atoms with Crippen molar-refractivity contribution in [2.45, 2.75) is 39.2 Å². The lowest BCUT2D eigenvalue weighted by molar-refractivity contribution is 0.0786.